The average molecular weight is 356 g/mol. The normalized spacial score (nSPS) is 16.2. The molecule has 1 atom stereocenters. The number of nitrogens with two attached hydrogens (primary N) is 1. The summed E-state index contributed by atoms with van der Waals surface area (Å²) >= 11 is 0. The van der Waals surface area contributed by atoms with E-state index in [2.05, 4.69) is 54.3 Å². The molecule has 0 radical (unpaired) electrons. The van der Waals surface area contributed by atoms with E-state index in [1.807, 2.05) is 11.0 Å². The zero-order chi connectivity index (χ0) is 18.9. The van der Waals surface area contributed by atoms with Gasteiger partial charge in [-0.25, -0.2) is 9.59 Å². The Kier molecular flexibility index (Phi) is 7.02. The molecule has 0 aromatic heterocycles. The van der Waals surface area contributed by atoms with Gasteiger partial charge in [0.1, 0.15) is 0 Å². The number of rotatable bonds is 1. The van der Waals surface area contributed by atoms with Gasteiger partial charge in [0.15, 0.2) is 0 Å². The minimum absolute atomic E-state index is 0.230. The number of carbonyl (C=O) groups excluding carboxylic acids is 1. The highest BCUT2D eigenvalue weighted by molar-refractivity contribution is 5.67. The fourth-order valence-electron chi connectivity index (χ4n) is 3.25. The fraction of sp³-hybridized carbons (Fsp3) is 0.300. The summed E-state index contributed by atoms with van der Waals surface area (Å²) in [5.41, 5.74) is 8.05. The van der Waals surface area contributed by atoms with Crippen molar-refractivity contribution in [3.63, 3.8) is 0 Å². The lowest BCUT2D eigenvalue weighted by Crippen LogP contribution is -2.36. The molecule has 0 saturated carbocycles. The first-order valence-corrected chi connectivity index (χ1v) is 8.47. The summed E-state index contributed by atoms with van der Waals surface area (Å²) in [6.45, 7) is 1.44. The number of methoxy groups -OCH3 is 1. The smallest absolute Gasteiger partial charge is 0.409 e. The highest BCUT2D eigenvalue weighted by Gasteiger charge is 2.24. The van der Waals surface area contributed by atoms with Gasteiger partial charge in [-0.05, 0) is 29.5 Å². The molecule has 6 heteroatoms. The van der Waals surface area contributed by atoms with Crippen LogP contribution in [0, 0.1) is 0 Å². The topological polar surface area (TPSA) is 92.9 Å². The number of benzene rings is 2. The van der Waals surface area contributed by atoms with Crippen LogP contribution in [0.5, 0.6) is 0 Å². The third kappa shape index (κ3) is 5.24. The quantitative estimate of drug-likeness (QED) is 0.818. The third-order valence-electron chi connectivity index (χ3n) is 4.40. The Balaban J connectivity index is 0.000000552. The van der Waals surface area contributed by atoms with E-state index < -0.39 is 6.09 Å². The minimum atomic E-state index is -1.33. The van der Waals surface area contributed by atoms with Gasteiger partial charge in [-0.15, -0.1) is 0 Å². The number of carboxylic acid groups (broad SMARTS) is 1. The van der Waals surface area contributed by atoms with Crippen LogP contribution < -0.4 is 5.73 Å². The van der Waals surface area contributed by atoms with Gasteiger partial charge in [0.2, 0.25) is 0 Å². The lowest BCUT2D eigenvalue weighted by molar-refractivity contribution is 0.122. The van der Waals surface area contributed by atoms with Gasteiger partial charge in [0.05, 0.1) is 7.11 Å². The van der Waals surface area contributed by atoms with Crippen molar-refractivity contribution in [1.29, 1.82) is 0 Å². The van der Waals surface area contributed by atoms with Crippen molar-refractivity contribution in [3.8, 4) is 0 Å². The van der Waals surface area contributed by atoms with E-state index >= 15 is 0 Å². The van der Waals surface area contributed by atoms with E-state index in [0.29, 0.717) is 12.5 Å². The van der Waals surface area contributed by atoms with Crippen LogP contribution >= 0.6 is 0 Å². The van der Waals surface area contributed by atoms with Gasteiger partial charge < -0.3 is 20.5 Å². The van der Waals surface area contributed by atoms with E-state index in [0.717, 1.165) is 19.4 Å². The molecule has 6 nitrogen and oxygen atoms in total. The molecule has 2 aromatic rings. The van der Waals surface area contributed by atoms with Crippen LogP contribution in [0.2, 0.25) is 0 Å². The molecule has 1 heterocycles. The van der Waals surface area contributed by atoms with Crippen molar-refractivity contribution in [2.24, 2.45) is 5.73 Å². The predicted molar refractivity (Wildman–Crippen MR) is 99.2 cm³/mol. The van der Waals surface area contributed by atoms with Crippen LogP contribution in [0.25, 0.3) is 0 Å². The van der Waals surface area contributed by atoms with Crippen LogP contribution in [0.15, 0.2) is 54.6 Å². The second kappa shape index (κ2) is 9.46. The SMILES string of the molecule is COC(=O)N1CCc2ccccc2C(c2ccccc2)CC1.NC(=O)O. The molecule has 3 rings (SSSR count). The van der Waals surface area contributed by atoms with Gasteiger partial charge in [0, 0.05) is 19.0 Å². The van der Waals surface area contributed by atoms with Gasteiger partial charge in [-0.1, -0.05) is 54.6 Å². The van der Waals surface area contributed by atoms with Gasteiger partial charge in [0.25, 0.3) is 0 Å². The standard InChI is InChI=1S/C19H21NO2.CH3NO2/c1-22-19(21)20-13-11-16-9-5-6-10-17(16)18(12-14-20)15-7-3-2-4-8-15;2-1(3)4/h2-10,18H,11-14H2,1H3;2H2,(H,3,4). The van der Waals surface area contributed by atoms with Crippen LogP contribution in [0.4, 0.5) is 9.59 Å². The molecule has 0 spiro atoms. The Morgan fingerprint density at radius 2 is 1.69 bits per heavy atom. The predicted octanol–water partition coefficient (Wildman–Crippen LogP) is 3.46. The van der Waals surface area contributed by atoms with E-state index in [4.69, 9.17) is 14.6 Å². The first kappa shape index (κ1) is 19.3. The largest absolute Gasteiger partial charge is 0.465 e. The van der Waals surface area contributed by atoms with Crippen molar-refractivity contribution < 1.29 is 19.4 Å². The number of carbonyl (C=O) groups is 2. The zero-order valence-corrected chi connectivity index (χ0v) is 14.8. The van der Waals surface area contributed by atoms with Crippen LogP contribution in [-0.4, -0.2) is 42.4 Å². The molecule has 0 aliphatic carbocycles. The zero-order valence-electron chi connectivity index (χ0n) is 14.8. The molecular weight excluding hydrogens is 332 g/mol. The molecule has 3 N–H and O–H groups in total. The van der Waals surface area contributed by atoms with Crippen LogP contribution in [0.1, 0.15) is 29.0 Å². The Hall–Kier alpha value is -3.02. The number of nitrogens with zero attached hydrogens (tertiary/aromatic N) is 1. The summed E-state index contributed by atoms with van der Waals surface area (Å²) in [6.07, 6.45) is 0.219. The molecule has 138 valence electrons. The number of hydrogen-bond donors (Lipinski definition) is 2. The molecule has 2 aromatic carbocycles. The second-order valence-corrected chi connectivity index (χ2v) is 6.00. The minimum Gasteiger partial charge on any atom is -0.465 e. The maximum atomic E-state index is 11.9. The summed E-state index contributed by atoms with van der Waals surface area (Å²) in [5.74, 6) is 0.324. The highest BCUT2D eigenvalue weighted by atomic mass is 16.5. The summed E-state index contributed by atoms with van der Waals surface area (Å²) in [4.78, 5) is 22.5. The Morgan fingerprint density at radius 3 is 2.35 bits per heavy atom. The molecule has 26 heavy (non-hydrogen) atoms. The number of fused-ring (bicyclic) bond motifs is 1. The summed E-state index contributed by atoms with van der Waals surface area (Å²) in [7, 11) is 1.45. The van der Waals surface area contributed by atoms with E-state index in [-0.39, 0.29) is 6.09 Å². The van der Waals surface area contributed by atoms with E-state index in [1.54, 1.807) is 0 Å². The monoisotopic (exact) mass is 356 g/mol. The Morgan fingerprint density at radius 1 is 1.08 bits per heavy atom. The molecular formula is C20H24N2O4. The number of ether oxygens (including phenoxy) is 1. The lowest BCUT2D eigenvalue weighted by atomic mass is 9.84. The maximum absolute atomic E-state index is 11.9. The highest BCUT2D eigenvalue weighted by Crippen LogP contribution is 2.32. The summed E-state index contributed by atoms with van der Waals surface area (Å²) in [5, 5.41) is 7.19. The number of hydrogen-bond acceptors (Lipinski definition) is 3. The molecule has 1 aliphatic heterocycles. The van der Waals surface area contributed by atoms with Gasteiger partial charge in [-0.2, -0.15) is 0 Å². The average Bonchev–Trinajstić information content (AvgIpc) is 2.62. The third-order valence-corrected chi connectivity index (χ3v) is 4.40. The lowest BCUT2D eigenvalue weighted by Gasteiger charge is -2.29. The Bertz CT molecular complexity index is 730. The van der Waals surface area contributed by atoms with Gasteiger partial charge >= 0.3 is 12.2 Å². The summed E-state index contributed by atoms with van der Waals surface area (Å²) < 4.78 is 4.90. The molecule has 1 unspecified atom stereocenters. The Labute approximate surface area is 153 Å². The van der Waals surface area contributed by atoms with E-state index in [1.165, 1.54) is 23.8 Å². The fourth-order valence-corrected chi connectivity index (χ4v) is 3.25. The van der Waals surface area contributed by atoms with Crippen LogP contribution in [-0.2, 0) is 11.2 Å². The van der Waals surface area contributed by atoms with Crippen molar-refractivity contribution >= 4 is 12.2 Å². The van der Waals surface area contributed by atoms with Crippen molar-refractivity contribution in [2.75, 3.05) is 20.2 Å². The first-order valence-electron chi connectivity index (χ1n) is 8.47. The molecule has 1 aliphatic rings. The van der Waals surface area contributed by atoms with Gasteiger partial charge in [-0.3, -0.25) is 0 Å². The van der Waals surface area contributed by atoms with Crippen molar-refractivity contribution in [3.05, 3.63) is 71.3 Å². The van der Waals surface area contributed by atoms with Crippen molar-refractivity contribution in [1.82, 2.24) is 4.90 Å². The van der Waals surface area contributed by atoms with Crippen molar-refractivity contribution in [2.45, 2.75) is 18.8 Å². The molecule has 0 fully saturated rings. The second-order valence-electron chi connectivity index (χ2n) is 6.00. The van der Waals surface area contributed by atoms with Crippen LogP contribution in [0.3, 0.4) is 0 Å². The molecule has 2 amide bonds. The number of primary amides is 1. The summed E-state index contributed by atoms with van der Waals surface area (Å²) in [6, 6.07) is 19.1. The maximum Gasteiger partial charge on any atom is 0.409 e. The van der Waals surface area contributed by atoms with E-state index in [9.17, 15) is 4.79 Å². The molecule has 0 bridgehead atoms. The first-order chi connectivity index (χ1) is 12.5. The number of amides is 2. The molecule has 0 saturated heterocycles.